The second-order valence-electron chi connectivity index (χ2n) is 7.89. The zero-order chi connectivity index (χ0) is 26.1. The number of carboxylic acids is 1. The van der Waals surface area contributed by atoms with Gasteiger partial charge >= 0.3 is 5.97 Å². The summed E-state index contributed by atoms with van der Waals surface area (Å²) < 4.78 is 0. The van der Waals surface area contributed by atoms with Crippen molar-refractivity contribution in [1.29, 1.82) is 0 Å². The van der Waals surface area contributed by atoms with Gasteiger partial charge in [-0.2, -0.15) is 0 Å². The number of nitrogens with zero attached hydrogens (tertiary/aromatic N) is 1. The van der Waals surface area contributed by atoms with Crippen molar-refractivity contribution in [2.75, 3.05) is 13.1 Å². The second kappa shape index (κ2) is 12.0. The number of aromatic amines is 1. The Morgan fingerprint density at radius 2 is 1.81 bits per heavy atom. The molecule has 1 aromatic heterocycles. The number of aromatic nitrogens is 1. The van der Waals surface area contributed by atoms with Crippen molar-refractivity contribution in [3.8, 4) is 0 Å². The molecular formula is C24H27N7O5. The molecule has 0 aliphatic carbocycles. The first-order valence-electron chi connectivity index (χ1n) is 11.0. The summed E-state index contributed by atoms with van der Waals surface area (Å²) in [4.78, 5) is 55.5. The Kier molecular flexibility index (Phi) is 8.59. The van der Waals surface area contributed by atoms with Crippen LogP contribution >= 0.6 is 0 Å². The van der Waals surface area contributed by atoms with E-state index in [0.29, 0.717) is 12.1 Å². The Labute approximate surface area is 206 Å². The summed E-state index contributed by atoms with van der Waals surface area (Å²) >= 11 is 0. The maximum atomic E-state index is 12.6. The minimum atomic E-state index is -1.31. The fourth-order valence-electron chi connectivity index (χ4n) is 3.54. The SMILES string of the molecule is NC(N)=Nc1cccc(C(=O)NCC(=O)N[C@@H](CC(=O)O)C(=O)NCCc2c[nH]c3ccccc23)c1. The lowest BCUT2D eigenvalue weighted by Gasteiger charge is -2.17. The predicted octanol–water partition coefficient (Wildman–Crippen LogP) is 0.121. The number of nitrogens with two attached hydrogens (primary N) is 2. The van der Waals surface area contributed by atoms with E-state index in [9.17, 15) is 19.2 Å². The first-order chi connectivity index (χ1) is 17.2. The van der Waals surface area contributed by atoms with Gasteiger partial charge in [0.25, 0.3) is 5.91 Å². The van der Waals surface area contributed by atoms with E-state index in [0.717, 1.165) is 16.5 Å². The van der Waals surface area contributed by atoms with Crippen LogP contribution in [-0.2, 0) is 20.8 Å². The molecule has 1 atom stereocenters. The number of H-pyrrole nitrogens is 1. The second-order valence-corrected chi connectivity index (χ2v) is 7.89. The van der Waals surface area contributed by atoms with Crippen LogP contribution in [-0.4, -0.2) is 58.9 Å². The Hall–Kier alpha value is -4.87. The van der Waals surface area contributed by atoms with Crippen molar-refractivity contribution >= 4 is 46.2 Å². The van der Waals surface area contributed by atoms with E-state index in [1.807, 2.05) is 30.5 Å². The Morgan fingerprint density at radius 3 is 2.56 bits per heavy atom. The summed E-state index contributed by atoms with van der Waals surface area (Å²) in [6.07, 6.45) is 1.75. The minimum Gasteiger partial charge on any atom is -0.481 e. The van der Waals surface area contributed by atoms with Crippen molar-refractivity contribution in [2.24, 2.45) is 16.5 Å². The molecule has 12 nitrogen and oxygen atoms in total. The number of aliphatic imine (C=N–C) groups is 1. The highest BCUT2D eigenvalue weighted by Crippen LogP contribution is 2.17. The average molecular weight is 494 g/mol. The van der Waals surface area contributed by atoms with E-state index in [2.05, 4.69) is 25.9 Å². The van der Waals surface area contributed by atoms with E-state index in [4.69, 9.17) is 16.6 Å². The molecule has 188 valence electrons. The zero-order valence-electron chi connectivity index (χ0n) is 19.3. The molecule has 0 fully saturated rings. The molecule has 3 aromatic rings. The molecule has 3 amide bonds. The molecule has 0 bridgehead atoms. The van der Waals surface area contributed by atoms with Gasteiger partial charge in [0.1, 0.15) is 6.04 Å². The third-order valence-electron chi connectivity index (χ3n) is 5.17. The number of amides is 3. The fourth-order valence-corrected chi connectivity index (χ4v) is 3.54. The lowest BCUT2D eigenvalue weighted by atomic mass is 10.1. The van der Waals surface area contributed by atoms with Gasteiger partial charge in [0.15, 0.2) is 5.96 Å². The number of para-hydroxylation sites is 1. The molecule has 0 aliphatic rings. The molecule has 1 heterocycles. The number of carbonyl (C=O) groups excluding carboxylic acids is 3. The van der Waals surface area contributed by atoms with Gasteiger partial charge in [-0.3, -0.25) is 19.2 Å². The van der Waals surface area contributed by atoms with Crippen LogP contribution in [0.3, 0.4) is 0 Å². The van der Waals surface area contributed by atoms with Crippen LogP contribution in [0.5, 0.6) is 0 Å². The average Bonchev–Trinajstić information content (AvgIpc) is 3.24. The quantitative estimate of drug-likeness (QED) is 0.145. The number of aliphatic carboxylic acids is 1. The normalized spacial score (nSPS) is 11.3. The summed E-state index contributed by atoms with van der Waals surface area (Å²) in [5.41, 5.74) is 13.2. The summed E-state index contributed by atoms with van der Waals surface area (Å²) in [7, 11) is 0. The van der Waals surface area contributed by atoms with Crippen LogP contribution in [0.2, 0.25) is 0 Å². The number of guanidine groups is 1. The molecule has 0 radical (unpaired) electrons. The maximum Gasteiger partial charge on any atom is 0.305 e. The molecule has 3 rings (SSSR count). The predicted molar refractivity (Wildman–Crippen MR) is 133 cm³/mol. The van der Waals surface area contributed by atoms with Gasteiger partial charge in [-0.15, -0.1) is 0 Å². The number of hydrogen-bond acceptors (Lipinski definition) is 5. The van der Waals surface area contributed by atoms with Crippen LogP contribution in [0.15, 0.2) is 59.7 Å². The largest absolute Gasteiger partial charge is 0.481 e. The number of nitrogens with one attached hydrogen (secondary N) is 4. The molecule has 2 aromatic carbocycles. The van der Waals surface area contributed by atoms with E-state index in [-0.39, 0.29) is 18.1 Å². The van der Waals surface area contributed by atoms with E-state index < -0.39 is 42.7 Å². The van der Waals surface area contributed by atoms with Gasteiger partial charge in [-0.05, 0) is 36.2 Å². The van der Waals surface area contributed by atoms with Gasteiger partial charge in [0.05, 0.1) is 18.7 Å². The summed E-state index contributed by atoms with van der Waals surface area (Å²) in [6.45, 7) is -0.223. The van der Waals surface area contributed by atoms with Crippen LogP contribution in [0.4, 0.5) is 5.69 Å². The molecule has 9 N–H and O–H groups in total. The van der Waals surface area contributed by atoms with Crippen molar-refractivity contribution in [3.05, 3.63) is 65.9 Å². The monoisotopic (exact) mass is 493 g/mol. The highest BCUT2D eigenvalue weighted by Gasteiger charge is 2.24. The van der Waals surface area contributed by atoms with E-state index in [1.165, 1.54) is 12.1 Å². The highest BCUT2D eigenvalue weighted by atomic mass is 16.4. The lowest BCUT2D eigenvalue weighted by Crippen LogP contribution is -2.50. The number of fused-ring (bicyclic) bond motifs is 1. The highest BCUT2D eigenvalue weighted by molar-refractivity contribution is 5.98. The first-order valence-corrected chi connectivity index (χ1v) is 11.0. The van der Waals surface area contributed by atoms with E-state index in [1.54, 1.807) is 12.1 Å². The molecule has 0 aliphatic heterocycles. The molecule has 0 spiro atoms. The Bertz CT molecular complexity index is 1300. The van der Waals surface area contributed by atoms with Crippen LogP contribution in [0, 0.1) is 0 Å². The maximum absolute atomic E-state index is 12.6. The van der Waals surface area contributed by atoms with Crippen molar-refractivity contribution < 1.29 is 24.3 Å². The Morgan fingerprint density at radius 1 is 1.03 bits per heavy atom. The third-order valence-corrected chi connectivity index (χ3v) is 5.17. The summed E-state index contributed by atoms with van der Waals surface area (Å²) in [5, 5.41) is 17.6. The molecule has 0 saturated heterocycles. The lowest BCUT2D eigenvalue weighted by molar-refractivity contribution is -0.140. The Balaban J connectivity index is 1.52. The van der Waals surface area contributed by atoms with Crippen molar-refractivity contribution in [2.45, 2.75) is 18.9 Å². The van der Waals surface area contributed by atoms with Crippen molar-refractivity contribution in [3.63, 3.8) is 0 Å². The molecular weight excluding hydrogens is 466 g/mol. The first kappa shape index (κ1) is 25.7. The van der Waals surface area contributed by atoms with Gasteiger partial charge in [-0.25, -0.2) is 4.99 Å². The molecule has 36 heavy (non-hydrogen) atoms. The fraction of sp³-hybridized carbons (Fsp3) is 0.208. The third kappa shape index (κ3) is 7.32. The van der Waals surface area contributed by atoms with Crippen LogP contribution < -0.4 is 27.4 Å². The minimum absolute atomic E-state index is 0.170. The smallest absolute Gasteiger partial charge is 0.305 e. The standard InChI is InChI=1S/C24H27N7O5/c25-24(26)30-16-5-3-4-14(10-16)22(35)29-13-20(32)31-19(11-21(33)34)23(36)27-9-8-15-12-28-18-7-2-1-6-17(15)18/h1-7,10,12,19,28H,8-9,11,13H2,(H,27,36)(H,29,35)(H,31,32)(H,33,34)(H4,25,26,30)/t19-/m0/s1. The topological polar surface area (TPSA) is 205 Å². The number of carboxylic acid groups (broad SMARTS) is 1. The van der Waals surface area contributed by atoms with Crippen molar-refractivity contribution in [1.82, 2.24) is 20.9 Å². The van der Waals surface area contributed by atoms with Crippen LogP contribution in [0.1, 0.15) is 22.3 Å². The molecule has 0 unspecified atom stereocenters. The summed E-state index contributed by atoms with van der Waals surface area (Å²) in [5.74, 6) is -3.36. The van der Waals surface area contributed by atoms with Gasteiger partial charge in [0, 0.05) is 29.2 Å². The number of carbonyl (C=O) groups is 4. The number of hydrogen-bond donors (Lipinski definition) is 7. The number of rotatable bonds is 11. The zero-order valence-corrected chi connectivity index (χ0v) is 19.3. The van der Waals surface area contributed by atoms with E-state index >= 15 is 0 Å². The molecule has 12 heteroatoms. The van der Waals surface area contributed by atoms with Gasteiger partial charge in [-0.1, -0.05) is 24.3 Å². The summed E-state index contributed by atoms with van der Waals surface area (Å²) in [6, 6.07) is 12.5. The van der Waals surface area contributed by atoms with Gasteiger partial charge in [0.2, 0.25) is 11.8 Å². The van der Waals surface area contributed by atoms with Gasteiger partial charge < -0.3 is 37.5 Å². The number of benzene rings is 2. The molecule has 0 saturated carbocycles. The van der Waals surface area contributed by atoms with Crippen LogP contribution in [0.25, 0.3) is 10.9 Å².